The van der Waals surface area contributed by atoms with E-state index < -0.39 is 0 Å². The van der Waals surface area contributed by atoms with E-state index in [2.05, 4.69) is 4.99 Å². The largest absolute Gasteiger partial charge is 0.490 e. The van der Waals surface area contributed by atoms with Gasteiger partial charge in [-0.05, 0) is 36.3 Å². The molecule has 1 aliphatic heterocycles. The minimum Gasteiger partial charge on any atom is -0.490 e. The van der Waals surface area contributed by atoms with E-state index in [0.717, 1.165) is 23.5 Å². The van der Waals surface area contributed by atoms with E-state index in [-0.39, 0.29) is 0 Å². The van der Waals surface area contributed by atoms with Gasteiger partial charge in [-0.15, -0.1) is 0 Å². The van der Waals surface area contributed by atoms with E-state index in [1.165, 1.54) is 18.3 Å². The highest BCUT2D eigenvalue weighted by atomic mass is 32.2. The zero-order valence-corrected chi connectivity index (χ0v) is 10.4. The molecule has 17 heavy (non-hydrogen) atoms. The summed E-state index contributed by atoms with van der Waals surface area (Å²) in [5.74, 6) is 3.23. The van der Waals surface area contributed by atoms with Gasteiger partial charge in [0.2, 0.25) is 6.08 Å². The van der Waals surface area contributed by atoms with Crippen LogP contribution in [0.5, 0.6) is 5.75 Å². The van der Waals surface area contributed by atoms with Crippen molar-refractivity contribution in [2.45, 2.75) is 25.5 Å². The highest BCUT2D eigenvalue weighted by Gasteiger charge is 2.14. The molecule has 0 N–H and O–H groups in total. The van der Waals surface area contributed by atoms with Crippen molar-refractivity contribution in [1.29, 1.82) is 0 Å². The summed E-state index contributed by atoms with van der Waals surface area (Å²) in [7, 11) is 0. The maximum absolute atomic E-state index is 9.99. The van der Waals surface area contributed by atoms with Gasteiger partial charge in [0, 0.05) is 5.75 Å². The quantitative estimate of drug-likeness (QED) is 0.608. The lowest BCUT2D eigenvalue weighted by Crippen LogP contribution is -2.23. The number of nitrogens with zero attached hydrogens (tertiary/aromatic N) is 1. The van der Waals surface area contributed by atoms with E-state index in [9.17, 15) is 4.79 Å². The van der Waals surface area contributed by atoms with Crippen LogP contribution in [0.25, 0.3) is 0 Å². The molecule has 1 aromatic carbocycles. The van der Waals surface area contributed by atoms with Crippen LogP contribution in [0.2, 0.25) is 0 Å². The second-order valence-corrected chi connectivity index (χ2v) is 5.16. The summed E-state index contributed by atoms with van der Waals surface area (Å²) in [5, 5.41) is 0. The smallest absolute Gasteiger partial charge is 0.235 e. The third kappa shape index (κ3) is 3.91. The van der Waals surface area contributed by atoms with Gasteiger partial charge in [0.1, 0.15) is 11.9 Å². The lowest BCUT2D eigenvalue weighted by molar-refractivity contribution is 0.211. The molecule has 0 aromatic heterocycles. The normalized spacial score (nSPS) is 19.4. The molecule has 2 rings (SSSR count). The van der Waals surface area contributed by atoms with Crippen LogP contribution >= 0.6 is 11.8 Å². The number of hydrogen-bond acceptors (Lipinski definition) is 4. The number of aliphatic imine (C=N–C) groups is 1. The van der Waals surface area contributed by atoms with Crippen molar-refractivity contribution in [2.75, 3.05) is 11.5 Å². The predicted octanol–water partition coefficient (Wildman–Crippen LogP) is 2.80. The lowest BCUT2D eigenvalue weighted by atomic mass is 10.2. The Kier molecular flexibility index (Phi) is 4.65. The number of rotatable bonds is 4. The van der Waals surface area contributed by atoms with Gasteiger partial charge in [0.15, 0.2) is 0 Å². The van der Waals surface area contributed by atoms with Crippen LogP contribution in [0.15, 0.2) is 29.3 Å². The van der Waals surface area contributed by atoms with Crippen molar-refractivity contribution in [3.05, 3.63) is 29.8 Å². The fourth-order valence-electron chi connectivity index (χ4n) is 1.79. The minimum atomic E-state index is 0.340. The van der Waals surface area contributed by atoms with Crippen molar-refractivity contribution in [1.82, 2.24) is 0 Å². The first-order chi connectivity index (χ1) is 8.38. The monoisotopic (exact) mass is 249 g/mol. The number of thioether (sulfide) groups is 1. The van der Waals surface area contributed by atoms with Gasteiger partial charge in [-0.1, -0.05) is 12.1 Å². The van der Waals surface area contributed by atoms with Crippen LogP contribution in [-0.2, 0) is 11.3 Å². The summed E-state index contributed by atoms with van der Waals surface area (Å²) in [6, 6.07) is 7.75. The van der Waals surface area contributed by atoms with Crippen LogP contribution in [0.1, 0.15) is 18.4 Å². The molecule has 1 aliphatic rings. The van der Waals surface area contributed by atoms with E-state index in [1.54, 1.807) is 0 Å². The van der Waals surface area contributed by atoms with Gasteiger partial charge in [-0.3, -0.25) is 0 Å². The summed E-state index contributed by atoms with van der Waals surface area (Å²) >= 11 is 1.95. The molecule has 0 spiro atoms. The van der Waals surface area contributed by atoms with E-state index in [4.69, 9.17) is 4.74 Å². The number of ether oxygens (including phenoxy) is 1. The van der Waals surface area contributed by atoms with Crippen molar-refractivity contribution in [3.63, 3.8) is 0 Å². The first kappa shape index (κ1) is 12.2. The first-order valence-electron chi connectivity index (χ1n) is 5.75. The SMILES string of the molecule is O=C=NCc1ccc(OC2CCCSC2)cc1. The molecule has 0 aliphatic carbocycles. The second kappa shape index (κ2) is 6.48. The molecule has 90 valence electrons. The standard InChI is InChI=1S/C13H15NO2S/c15-10-14-8-11-3-5-12(6-4-11)16-13-2-1-7-17-9-13/h3-6,13H,1-2,7-9H2. The molecular formula is C13H15NO2S. The predicted molar refractivity (Wildman–Crippen MR) is 69.2 cm³/mol. The number of benzene rings is 1. The average molecular weight is 249 g/mol. The fourth-order valence-corrected chi connectivity index (χ4v) is 2.83. The zero-order valence-electron chi connectivity index (χ0n) is 9.59. The molecule has 1 saturated heterocycles. The maximum Gasteiger partial charge on any atom is 0.235 e. The molecular weight excluding hydrogens is 234 g/mol. The molecule has 0 radical (unpaired) electrons. The second-order valence-electron chi connectivity index (χ2n) is 4.01. The Morgan fingerprint density at radius 2 is 2.24 bits per heavy atom. The van der Waals surface area contributed by atoms with E-state index in [0.29, 0.717) is 12.6 Å². The minimum absolute atomic E-state index is 0.340. The number of isocyanates is 1. The molecule has 4 heteroatoms. The Hall–Kier alpha value is -1.25. The van der Waals surface area contributed by atoms with Gasteiger partial charge in [0.05, 0.1) is 6.54 Å². The molecule has 0 bridgehead atoms. The Labute approximate surface area is 105 Å². The van der Waals surface area contributed by atoms with Crippen LogP contribution in [0.3, 0.4) is 0 Å². The Morgan fingerprint density at radius 3 is 2.88 bits per heavy atom. The van der Waals surface area contributed by atoms with Gasteiger partial charge in [-0.25, -0.2) is 9.79 Å². The number of carbonyl (C=O) groups excluding carboxylic acids is 1. The van der Waals surface area contributed by atoms with Gasteiger partial charge in [-0.2, -0.15) is 11.8 Å². The van der Waals surface area contributed by atoms with Crippen LogP contribution < -0.4 is 4.74 Å². The van der Waals surface area contributed by atoms with Crippen LogP contribution in [0, 0.1) is 0 Å². The summed E-state index contributed by atoms with van der Waals surface area (Å²) in [5.41, 5.74) is 0.999. The summed E-state index contributed by atoms with van der Waals surface area (Å²) in [4.78, 5) is 13.5. The Bertz CT molecular complexity index is 392. The third-order valence-corrected chi connectivity index (χ3v) is 3.86. The fraction of sp³-hybridized carbons (Fsp3) is 0.462. The summed E-state index contributed by atoms with van der Waals surface area (Å²) < 4.78 is 5.89. The third-order valence-electron chi connectivity index (χ3n) is 2.67. The van der Waals surface area contributed by atoms with Crippen LogP contribution in [-0.4, -0.2) is 23.7 Å². The molecule has 1 atom stereocenters. The topological polar surface area (TPSA) is 38.7 Å². The van der Waals surface area contributed by atoms with Crippen molar-refractivity contribution in [3.8, 4) is 5.75 Å². The van der Waals surface area contributed by atoms with E-state index in [1.807, 2.05) is 36.0 Å². The molecule has 0 saturated carbocycles. The molecule has 0 amide bonds. The van der Waals surface area contributed by atoms with Crippen molar-refractivity contribution in [2.24, 2.45) is 4.99 Å². The van der Waals surface area contributed by atoms with Crippen molar-refractivity contribution < 1.29 is 9.53 Å². The van der Waals surface area contributed by atoms with Gasteiger partial charge < -0.3 is 4.74 Å². The summed E-state index contributed by atoms with van der Waals surface area (Å²) in [6.45, 7) is 0.392. The average Bonchev–Trinajstić information content (AvgIpc) is 2.39. The highest BCUT2D eigenvalue weighted by molar-refractivity contribution is 7.99. The first-order valence-corrected chi connectivity index (χ1v) is 6.91. The lowest BCUT2D eigenvalue weighted by Gasteiger charge is -2.22. The van der Waals surface area contributed by atoms with E-state index >= 15 is 0 Å². The Morgan fingerprint density at radius 1 is 1.41 bits per heavy atom. The van der Waals surface area contributed by atoms with Crippen molar-refractivity contribution >= 4 is 17.8 Å². The number of hydrogen-bond donors (Lipinski definition) is 0. The molecule has 1 unspecified atom stereocenters. The summed E-state index contributed by atoms with van der Waals surface area (Å²) in [6.07, 6.45) is 4.26. The highest BCUT2D eigenvalue weighted by Crippen LogP contribution is 2.22. The zero-order chi connectivity index (χ0) is 11.9. The van der Waals surface area contributed by atoms with Gasteiger partial charge in [0.25, 0.3) is 0 Å². The van der Waals surface area contributed by atoms with Crippen LogP contribution in [0.4, 0.5) is 0 Å². The molecule has 1 heterocycles. The molecule has 1 aromatic rings. The molecule has 3 nitrogen and oxygen atoms in total. The van der Waals surface area contributed by atoms with Gasteiger partial charge >= 0.3 is 0 Å². The maximum atomic E-state index is 9.99. The Balaban J connectivity index is 1.90. The molecule has 1 fully saturated rings.